The lowest BCUT2D eigenvalue weighted by Gasteiger charge is -2.12. The second-order valence-corrected chi connectivity index (χ2v) is 8.19. The average Bonchev–Trinajstić information content (AvgIpc) is 3.13. The zero-order valence-corrected chi connectivity index (χ0v) is 18.6. The number of ether oxygens (including phenoxy) is 1. The summed E-state index contributed by atoms with van der Waals surface area (Å²) in [5, 5.41) is 6.13. The Bertz CT molecular complexity index is 1210. The summed E-state index contributed by atoms with van der Waals surface area (Å²) in [5.74, 6) is 0. The van der Waals surface area contributed by atoms with Crippen molar-refractivity contribution in [3.8, 4) is 11.1 Å². The highest BCUT2D eigenvalue weighted by atomic mass is 16.5. The fourth-order valence-corrected chi connectivity index (χ4v) is 4.66. The fourth-order valence-electron chi connectivity index (χ4n) is 4.66. The monoisotopic (exact) mass is 390 g/mol. The molecule has 152 valence electrons. The molecule has 4 rings (SSSR count). The highest BCUT2D eigenvalue weighted by molar-refractivity contribution is 5.90. The van der Waals surface area contributed by atoms with Crippen LogP contribution in [0.1, 0.15) is 40.2 Å². The van der Waals surface area contributed by atoms with E-state index in [9.17, 15) is 0 Å². The number of methoxy groups -OCH3 is 1. The van der Waals surface area contributed by atoms with Crippen molar-refractivity contribution in [2.24, 2.45) is 0 Å². The molecule has 0 N–H and O–H groups in total. The third-order valence-electron chi connectivity index (χ3n) is 5.83. The summed E-state index contributed by atoms with van der Waals surface area (Å²) in [5.41, 5.74) is 11.6. The van der Waals surface area contributed by atoms with Crippen LogP contribution in [0.25, 0.3) is 27.8 Å². The number of aromatic nitrogens is 4. The summed E-state index contributed by atoms with van der Waals surface area (Å²) in [6.07, 6.45) is 0.966. The molecule has 0 radical (unpaired) electrons. The Morgan fingerprint density at radius 3 is 2.24 bits per heavy atom. The average molecular weight is 391 g/mol. The standard InChI is InChI=1S/C24H30N4O/c1-14-11-15(2)21(16(3)12-14)22-19(6)26-28-23(22)25-18(5)20-13-17(4)27(24(20)28)9-8-10-29-7/h11-13H,8-10H2,1-7H3. The van der Waals surface area contributed by atoms with Crippen LogP contribution in [0.3, 0.4) is 0 Å². The van der Waals surface area contributed by atoms with Crippen molar-refractivity contribution in [1.29, 1.82) is 0 Å². The van der Waals surface area contributed by atoms with Crippen LogP contribution in [0.2, 0.25) is 0 Å². The van der Waals surface area contributed by atoms with Gasteiger partial charge >= 0.3 is 0 Å². The fraction of sp³-hybridized carbons (Fsp3) is 0.417. The minimum atomic E-state index is 0.747. The van der Waals surface area contributed by atoms with Gasteiger partial charge in [-0.1, -0.05) is 17.7 Å². The second kappa shape index (κ2) is 7.30. The van der Waals surface area contributed by atoms with Crippen LogP contribution in [0.5, 0.6) is 0 Å². The van der Waals surface area contributed by atoms with Crippen LogP contribution >= 0.6 is 0 Å². The van der Waals surface area contributed by atoms with E-state index in [0.29, 0.717) is 0 Å². The molecule has 5 heteroatoms. The molecule has 0 saturated carbocycles. The van der Waals surface area contributed by atoms with E-state index in [1.807, 2.05) is 4.52 Å². The Hall–Kier alpha value is -2.66. The minimum absolute atomic E-state index is 0.747. The van der Waals surface area contributed by atoms with Crippen LogP contribution in [0, 0.1) is 41.5 Å². The molecule has 0 saturated heterocycles. The Morgan fingerprint density at radius 1 is 0.897 bits per heavy atom. The van der Waals surface area contributed by atoms with E-state index in [-0.39, 0.29) is 0 Å². The van der Waals surface area contributed by atoms with Gasteiger partial charge in [-0.15, -0.1) is 0 Å². The molecule has 1 aromatic carbocycles. The summed E-state index contributed by atoms with van der Waals surface area (Å²) >= 11 is 0. The summed E-state index contributed by atoms with van der Waals surface area (Å²) < 4.78 is 9.67. The van der Waals surface area contributed by atoms with Gasteiger partial charge in [-0.3, -0.25) is 0 Å². The van der Waals surface area contributed by atoms with E-state index in [1.54, 1.807) is 7.11 Å². The summed E-state index contributed by atoms with van der Waals surface area (Å²) in [4.78, 5) is 5.02. The maximum Gasteiger partial charge on any atom is 0.165 e. The molecule has 3 heterocycles. The quantitative estimate of drug-likeness (QED) is 0.438. The maximum atomic E-state index is 5.27. The van der Waals surface area contributed by atoms with Gasteiger partial charge in [0.25, 0.3) is 0 Å². The molecule has 0 spiro atoms. The first-order chi connectivity index (χ1) is 13.8. The highest BCUT2D eigenvalue weighted by Crippen LogP contribution is 2.35. The molecule has 4 aromatic rings. The van der Waals surface area contributed by atoms with E-state index in [0.717, 1.165) is 47.8 Å². The van der Waals surface area contributed by atoms with E-state index >= 15 is 0 Å². The van der Waals surface area contributed by atoms with E-state index in [4.69, 9.17) is 14.8 Å². The molecule has 0 aliphatic heterocycles. The van der Waals surface area contributed by atoms with Crippen molar-refractivity contribution in [2.75, 3.05) is 13.7 Å². The Morgan fingerprint density at radius 2 is 1.59 bits per heavy atom. The lowest BCUT2D eigenvalue weighted by atomic mass is 9.94. The molecular formula is C24H30N4O. The van der Waals surface area contributed by atoms with Crippen molar-refractivity contribution in [3.63, 3.8) is 0 Å². The van der Waals surface area contributed by atoms with Crippen LogP contribution in [0.4, 0.5) is 0 Å². The molecule has 29 heavy (non-hydrogen) atoms. The molecule has 0 unspecified atom stereocenters. The summed E-state index contributed by atoms with van der Waals surface area (Å²) in [6, 6.07) is 6.71. The van der Waals surface area contributed by atoms with Gasteiger partial charge in [0.05, 0.1) is 17.0 Å². The molecule has 0 aliphatic rings. The summed E-state index contributed by atoms with van der Waals surface area (Å²) in [6.45, 7) is 14.5. The number of aryl methyl sites for hydroxylation is 7. The number of benzene rings is 1. The number of hydrogen-bond acceptors (Lipinski definition) is 3. The van der Waals surface area contributed by atoms with Gasteiger partial charge in [-0.05, 0) is 70.7 Å². The third kappa shape index (κ3) is 3.14. The van der Waals surface area contributed by atoms with E-state index in [2.05, 4.69) is 64.3 Å². The predicted octanol–water partition coefficient (Wildman–Crippen LogP) is 5.24. The SMILES string of the molecule is COCCCn1c(C)cc2c(C)nc3c(-c4c(C)cc(C)cc4C)c(C)nn3c21. The van der Waals surface area contributed by atoms with E-state index in [1.165, 1.54) is 33.3 Å². The second-order valence-electron chi connectivity index (χ2n) is 8.19. The van der Waals surface area contributed by atoms with Gasteiger partial charge in [-0.2, -0.15) is 9.61 Å². The maximum absolute atomic E-state index is 5.27. The van der Waals surface area contributed by atoms with Crippen molar-refractivity contribution >= 4 is 16.7 Å². The largest absolute Gasteiger partial charge is 0.385 e. The van der Waals surface area contributed by atoms with Gasteiger partial charge in [-0.25, -0.2) is 4.98 Å². The van der Waals surface area contributed by atoms with Crippen LogP contribution in [-0.4, -0.2) is 32.9 Å². The highest BCUT2D eigenvalue weighted by Gasteiger charge is 2.21. The van der Waals surface area contributed by atoms with Gasteiger partial charge in [0, 0.05) is 31.3 Å². The Labute approximate surface area is 172 Å². The Kier molecular flexibility index (Phi) is 4.95. The molecule has 5 nitrogen and oxygen atoms in total. The lowest BCUT2D eigenvalue weighted by Crippen LogP contribution is -2.07. The molecule has 0 fully saturated rings. The van der Waals surface area contributed by atoms with Gasteiger partial charge in [0.1, 0.15) is 5.65 Å². The normalized spacial score (nSPS) is 11.8. The lowest BCUT2D eigenvalue weighted by molar-refractivity contribution is 0.190. The van der Waals surface area contributed by atoms with Crippen molar-refractivity contribution < 1.29 is 4.74 Å². The number of nitrogens with zero attached hydrogens (tertiary/aromatic N) is 4. The third-order valence-corrected chi connectivity index (χ3v) is 5.83. The number of rotatable bonds is 5. The Balaban J connectivity index is 2.04. The number of fused-ring (bicyclic) bond motifs is 3. The molecule has 0 bridgehead atoms. The molecule has 0 atom stereocenters. The molecule has 0 amide bonds. The van der Waals surface area contributed by atoms with Gasteiger partial charge < -0.3 is 9.30 Å². The van der Waals surface area contributed by atoms with Gasteiger partial charge in [0.15, 0.2) is 5.65 Å². The number of hydrogen-bond donors (Lipinski definition) is 0. The van der Waals surface area contributed by atoms with Crippen molar-refractivity contribution in [3.05, 3.63) is 52.0 Å². The van der Waals surface area contributed by atoms with E-state index < -0.39 is 0 Å². The van der Waals surface area contributed by atoms with Crippen molar-refractivity contribution in [2.45, 2.75) is 54.5 Å². The zero-order chi connectivity index (χ0) is 20.9. The first-order valence-electron chi connectivity index (χ1n) is 10.3. The molecule has 3 aromatic heterocycles. The smallest absolute Gasteiger partial charge is 0.165 e. The van der Waals surface area contributed by atoms with Crippen LogP contribution in [0.15, 0.2) is 18.2 Å². The molecule has 0 aliphatic carbocycles. The predicted molar refractivity (Wildman–Crippen MR) is 119 cm³/mol. The van der Waals surface area contributed by atoms with Crippen molar-refractivity contribution in [1.82, 2.24) is 19.2 Å². The summed E-state index contributed by atoms with van der Waals surface area (Å²) in [7, 11) is 1.75. The minimum Gasteiger partial charge on any atom is -0.385 e. The zero-order valence-electron chi connectivity index (χ0n) is 18.6. The molecular weight excluding hydrogens is 360 g/mol. The first-order valence-corrected chi connectivity index (χ1v) is 10.3. The van der Waals surface area contributed by atoms with Gasteiger partial charge in [0.2, 0.25) is 0 Å². The van der Waals surface area contributed by atoms with Crippen LogP contribution in [-0.2, 0) is 11.3 Å². The topological polar surface area (TPSA) is 44.3 Å². The first kappa shape index (κ1) is 19.6. The van der Waals surface area contributed by atoms with Crippen LogP contribution < -0.4 is 0 Å².